The minimum atomic E-state index is 0.650. The van der Waals surface area contributed by atoms with Crippen LogP contribution in [0.1, 0.15) is 19.8 Å². The van der Waals surface area contributed by atoms with Gasteiger partial charge in [-0.2, -0.15) is 0 Å². The molecule has 0 amide bonds. The number of rotatable bonds is 4. The monoisotopic (exact) mass is 255 g/mol. The Balaban J connectivity index is 3.64. The van der Waals surface area contributed by atoms with Crippen molar-refractivity contribution in [1.29, 1.82) is 0 Å². The van der Waals surface area contributed by atoms with Crippen molar-refractivity contribution in [2.45, 2.75) is 19.8 Å². The minimum Gasteiger partial charge on any atom is -0.275 e. The molecule has 0 aliphatic heterocycles. The Kier molecular flexibility index (Phi) is 7.33. The highest BCUT2D eigenvalue weighted by Crippen LogP contribution is 2.02. The minimum absolute atomic E-state index is 0.650. The highest BCUT2D eigenvalue weighted by atomic mass is 79.9. The first-order chi connectivity index (χ1) is 5.22. The van der Waals surface area contributed by atoms with E-state index in [9.17, 15) is 0 Å². The quantitative estimate of drug-likeness (QED) is 0.430. The Morgan fingerprint density at radius 2 is 2.36 bits per heavy atom. The lowest BCUT2D eigenvalue weighted by molar-refractivity contribution is 0.613. The van der Waals surface area contributed by atoms with Gasteiger partial charge in [-0.25, -0.2) is 0 Å². The van der Waals surface area contributed by atoms with Crippen molar-refractivity contribution in [3.63, 3.8) is 0 Å². The van der Waals surface area contributed by atoms with Crippen LogP contribution in [0.3, 0.4) is 0 Å². The van der Waals surface area contributed by atoms with Gasteiger partial charge < -0.3 is 0 Å². The lowest BCUT2D eigenvalue weighted by Gasteiger charge is -2.12. The third-order valence-corrected chi connectivity index (χ3v) is 2.22. The molecule has 0 aromatic rings. The maximum absolute atomic E-state index is 5.81. The molecule has 0 saturated heterocycles. The van der Waals surface area contributed by atoms with Crippen LogP contribution in [0, 0.1) is 0 Å². The molecule has 0 heterocycles. The molecule has 0 rings (SSSR count). The van der Waals surface area contributed by atoms with Gasteiger partial charge in [0.1, 0.15) is 4.99 Å². The molecule has 0 atom stereocenters. The summed E-state index contributed by atoms with van der Waals surface area (Å²) in [4.78, 5) is 2.36. The van der Waals surface area contributed by atoms with Gasteiger partial charge in [0.25, 0.3) is 0 Å². The van der Waals surface area contributed by atoms with Crippen LogP contribution in [0.25, 0.3) is 0 Å². The Morgan fingerprint density at radius 3 is 2.82 bits per heavy atom. The third-order valence-electron chi connectivity index (χ3n) is 1.15. The van der Waals surface area contributed by atoms with Crippen molar-refractivity contribution in [2.24, 2.45) is 0 Å². The molecule has 0 bridgehead atoms. The molecule has 0 saturated carbocycles. The molecule has 0 aromatic heterocycles. The second-order valence-electron chi connectivity index (χ2n) is 2.07. The Morgan fingerprint density at radius 1 is 1.73 bits per heavy atom. The van der Waals surface area contributed by atoms with Gasteiger partial charge in [0, 0.05) is 18.3 Å². The van der Waals surface area contributed by atoms with Gasteiger partial charge in [0.15, 0.2) is 0 Å². The average molecular weight is 257 g/mol. The second kappa shape index (κ2) is 7.07. The van der Waals surface area contributed by atoms with Crippen molar-refractivity contribution in [3.8, 4) is 0 Å². The summed E-state index contributed by atoms with van der Waals surface area (Å²) < 4.78 is 1.55. The maximum atomic E-state index is 5.81. The fourth-order valence-corrected chi connectivity index (χ4v) is 1.30. The molecule has 11 heavy (non-hydrogen) atoms. The zero-order valence-electron chi connectivity index (χ0n) is 6.39. The van der Waals surface area contributed by atoms with Crippen molar-refractivity contribution >= 4 is 44.9 Å². The maximum Gasteiger partial charge on any atom is 0.116 e. The first-order valence-corrected chi connectivity index (χ1v) is 5.12. The van der Waals surface area contributed by atoms with E-state index in [0.717, 1.165) is 19.4 Å². The summed E-state index contributed by atoms with van der Waals surface area (Å²) >= 11 is 13.9. The highest BCUT2D eigenvalue weighted by Gasteiger charge is 2.00. The first-order valence-electron chi connectivity index (χ1n) is 3.46. The van der Waals surface area contributed by atoms with Crippen LogP contribution >= 0.6 is 39.9 Å². The largest absolute Gasteiger partial charge is 0.275 e. The molecule has 0 unspecified atom stereocenters. The third kappa shape index (κ3) is 5.65. The molecule has 64 valence electrons. The summed E-state index contributed by atoms with van der Waals surface area (Å²) in [7, 11) is 0. The fraction of sp³-hybridized carbons (Fsp3) is 0.571. The average Bonchev–Trinajstić information content (AvgIpc) is 2.00. The van der Waals surface area contributed by atoms with E-state index in [1.54, 1.807) is 15.5 Å². The van der Waals surface area contributed by atoms with Crippen molar-refractivity contribution < 1.29 is 0 Å². The number of halogens is 2. The second-order valence-corrected chi connectivity index (χ2v) is 3.43. The Bertz CT molecular complexity index is 149. The lowest BCUT2D eigenvalue weighted by Crippen LogP contribution is -2.18. The topological polar surface area (TPSA) is 3.24 Å². The lowest BCUT2D eigenvalue weighted by atomic mass is 10.3. The zero-order valence-corrected chi connectivity index (χ0v) is 9.55. The van der Waals surface area contributed by atoms with Gasteiger partial charge in [0.05, 0.1) is 0 Å². The van der Waals surface area contributed by atoms with E-state index in [-0.39, 0.29) is 0 Å². The van der Waals surface area contributed by atoms with Crippen molar-refractivity contribution in [1.82, 2.24) is 4.42 Å². The number of thiocarbonyl (C=S) groups is 1. The molecule has 1 nitrogen and oxygen atoms in total. The van der Waals surface area contributed by atoms with Gasteiger partial charge >= 0.3 is 0 Å². The summed E-state index contributed by atoms with van der Waals surface area (Å²) in [5.41, 5.74) is 0. The number of unbranched alkanes of at least 4 members (excludes halogenated alkanes) is 1. The number of hydrogen-bond donors (Lipinski definition) is 0. The van der Waals surface area contributed by atoms with E-state index in [0.29, 0.717) is 4.99 Å². The summed E-state index contributed by atoms with van der Waals surface area (Å²) in [5, 5.41) is 0. The first kappa shape index (κ1) is 11.4. The fourth-order valence-electron chi connectivity index (χ4n) is 0.542. The molecule has 0 aromatic carbocycles. The van der Waals surface area contributed by atoms with Crippen LogP contribution in [0.15, 0.2) is 11.1 Å². The van der Waals surface area contributed by atoms with E-state index < -0.39 is 0 Å². The predicted molar refractivity (Wildman–Crippen MR) is 58.1 cm³/mol. The summed E-state index contributed by atoms with van der Waals surface area (Å²) in [6.07, 6.45) is 3.95. The molecule has 4 heteroatoms. The van der Waals surface area contributed by atoms with Crippen molar-refractivity contribution in [3.05, 3.63) is 11.1 Å². The molecular formula is C7H11BrClNS. The predicted octanol–water partition coefficient (Wildman–Crippen LogP) is 3.48. The highest BCUT2D eigenvalue weighted by molar-refractivity contribution is 9.11. The van der Waals surface area contributed by atoms with Gasteiger partial charge in [-0.3, -0.25) is 4.42 Å². The van der Waals surface area contributed by atoms with Gasteiger partial charge in [-0.15, -0.1) is 0 Å². The van der Waals surface area contributed by atoms with E-state index in [1.165, 1.54) is 0 Å². The van der Waals surface area contributed by atoms with E-state index >= 15 is 0 Å². The molecule has 0 aliphatic rings. The molecule has 0 aliphatic carbocycles. The van der Waals surface area contributed by atoms with E-state index in [4.69, 9.17) is 24.0 Å². The van der Waals surface area contributed by atoms with Crippen LogP contribution in [0.4, 0.5) is 0 Å². The van der Waals surface area contributed by atoms with E-state index in [1.807, 2.05) is 0 Å². The summed E-state index contributed by atoms with van der Waals surface area (Å²) in [6, 6.07) is 0. The number of hydrogen-bond acceptors (Lipinski definition) is 1. The summed E-state index contributed by atoms with van der Waals surface area (Å²) in [5.74, 6) is 0. The number of nitrogens with zero attached hydrogens (tertiary/aromatic N) is 1. The summed E-state index contributed by atoms with van der Waals surface area (Å²) in [6.45, 7) is 2.93. The van der Waals surface area contributed by atoms with E-state index in [2.05, 4.69) is 22.9 Å². The molecule has 0 radical (unpaired) electrons. The Hall–Kier alpha value is 0.400. The SMILES string of the molecule is CCCCN(Cl)C(=S)/C=C/Br. The van der Waals surface area contributed by atoms with Crippen LogP contribution in [-0.2, 0) is 0 Å². The zero-order chi connectivity index (χ0) is 8.69. The van der Waals surface area contributed by atoms with Gasteiger partial charge in [-0.05, 0) is 17.5 Å². The van der Waals surface area contributed by atoms with Crippen LogP contribution in [0.5, 0.6) is 0 Å². The normalized spacial score (nSPS) is 10.5. The molecule has 0 N–H and O–H groups in total. The standard InChI is InChI=1S/C7H11BrClNS/c1-2-3-6-10(9)7(11)4-5-8/h4-5H,2-3,6H2,1H3/b5-4+. The molecular weight excluding hydrogens is 246 g/mol. The smallest absolute Gasteiger partial charge is 0.116 e. The molecule has 0 fully saturated rings. The van der Waals surface area contributed by atoms with Crippen LogP contribution in [-0.4, -0.2) is 16.0 Å². The van der Waals surface area contributed by atoms with Crippen LogP contribution in [0.2, 0.25) is 0 Å². The Labute approximate surface area is 86.6 Å². The van der Waals surface area contributed by atoms with Crippen molar-refractivity contribution in [2.75, 3.05) is 6.54 Å². The van der Waals surface area contributed by atoms with Crippen LogP contribution < -0.4 is 0 Å². The van der Waals surface area contributed by atoms with Gasteiger partial charge in [-0.1, -0.05) is 41.5 Å². The van der Waals surface area contributed by atoms with Gasteiger partial charge in [0.2, 0.25) is 0 Å². The molecule has 0 spiro atoms.